The molecular formula is C26H42NO7P. The van der Waals surface area contributed by atoms with Crippen molar-refractivity contribution < 1.29 is 33.0 Å². The lowest BCUT2D eigenvalue weighted by Crippen LogP contribution is -2.51. The molecule has 0 aromatic heterocycles. The molecule has 0 saturated carbocycles. The molecule has 1 heterocycles. The molecule has 2 atom stereocenters. The average Bonchev–Trinajstić information content (AvgIpc) is 2.75. The molecule has 0 radical (unpaired) electrons. The Morgan fingerprint density at radius 1 is 1.11 bits per heavy atom. The minimum absolute atomic E-state index is 0.0344. The molecule has 0 unspecified atom stereocenters. The summed E-state index contributed by atoms with van der Waals surface area (Å²) in [4.78, 5) is 14.8. The highest BCUT2D eigenvalue weighted by molar-refractivity contribution is 7.58. The number of nitrogens with zero attached hydrogens (tertiary/aromatic N) is 1. The Balaban J connectivity index is 2.13. The van der Waals surface area contributed by atoms with E-state index in [1.165, 1.54) is 0 Å². The Labute approximate surface area is 210 Å². The number of hydrogen-bond donors (Lipinski definition) is 1. The van der Waals surface area contributed by atoms with Crippen LogP contribution in [0.3, 0.4) is 0 Å². The maximum absolute atomic E-state index is 13.5. The van der Waals surface area contributed by atoms with Crippen molar-refractivity contribution in [2.75, 3.05) is 19.8 Å². The van der Waals surface area contributed by atoms with E-state index in [0.29, 0.717) is 19.6 Å². The molecule has 1 aliphatic rings. The Morgan fingerprint density at radius 3 is 2.31 bits per heavy atom. The van der Waals surface area contributed by atoms with Crippen LogP contribution >= 0.6 is 7.60 Å². The molecule has 35 heavy (non-hydrogen) atoms. The van der Waals surface area contributed by atoms with Gasteiger partial charge in [0, 0.05) is 19.1 Å². The highest BCUT2D eigenvalue weighted by atomic mass is 31.2. The van der Waals surface area contributed by atoms with Crippen molar-refractivity contribution in [3.8, 4) is 0 Å². The van der Waals surface area contributed by atoms with Gasteiger partial charge in [-0.15, -0.1) is 0 Å². The van der Waals surface area contributed by atoms with Crippen molar-refractivity contribution in [1.82, 2.24) is 4.90 Å². The zero-order chi connectivity index (χ0) is 26.1. The van der Waals surface area contributed by atoms with Crippen LogP contribution in [0.4, 0.5) is 4.79 Å². The summed E-state index contributed by atoms with van der Waals surface area (Å²) in [6.45, 7) is 12.0. The van der Waals surface area contributed by atoms with Crippen LogP contribution in [-0.2, 0) is 29.7 Å². The number of rotatable bonds is 12. The van der Waals surface area contributed by atoms with Gasteiger partial charge < -0.3 is 23.6 Å². The molecule has 8 nitrogen and oxygen atoms in total. The van der Waals surface area contributed by atoms with Gasteiger partial charge in [0.25, 0.3) is 0 Å². The van der Waals surface area contributed by atoms with E-state index in [9.17, 15) is 14.5 Å². The fraction of sp³-hybridized carbons (Fsp3) is 0.654. The number of aliphatic hydroxyl groups is 1. The maximum atomic E-state index is 13.5. The van der Waals surface area contributed by atoms with Gasteiger partial charge in [-0.3, -0.25) is 9.46 Å². The molecule has 0 fully saturated rings. The smallest absolute Gasteiger partial charge is 0.411 e. The predicted octanol–water partition coefficient (Wildman–Crippen LogP) is 6.81. The second-order valence-corrected chi connectivity index (χ2v) is 11.6. The van der Waals surface area contributed by atoms with E-state index in [0.717, 1.165) is 18.4 Å². The lowest BCUT2D eigenvalue weighted by Gasteiger charge is -2.43. The molecule has 1 aromatic rings. The number of ether oxygens (including phenoxy) is 2. The first-order valence-corrected chi connectivity index (χ1v) is 14.0. The zero-order valence-electron chi connectivity index (χ0n) is 22.0. The zero-order valence-corrected chi connectivity index (χ0v) is 22.9. The van der Waals surface area contributed by atoms with E-state index in [1.807, 2.05) is 30.3 Å². The summed E-state index contributed by atoms with van der Waals surface area (Å²) >= 11 is 0. The first kappa shape index (κ1) is 29.4. The van der Waals surface area contributed by atoms with E-state index in [2.05, 4.69) is 0 Å². The topological polar surface area (TPSA) is 94.5 Å². The Hall–Kier alpha value is -1.86. The molecule has 1 N–H and O–H groups in total. The number of aliphatic hydroxyl groups excluding tert-OH is 1. The van der Waals surface area contributed by atoms with Crippen molar-refractivity contribution in [3.63, 3.8) is 0 Å². The van der Waals surface area contributed by atoms with E-state index in [1.54, 1.807) is 46.4 Å². The standard InChI is InChI=1S/C26H42NO7P/c1-7-32-35(30,33-8-2)24-20(3)27(25(29)34-26(4,5)6)22(18-23(24)28)16-12-13-17-31-19-21-14-10-9-11-15-21/h9-11,14-15,20,22,28H,7-8,12-13,16-19H2,1-6H3/t20-,22-/m0/s1. The molecule has 0 bridgehead atoms. The first-order chi connectivity index (χ1) is 16.5. The van der Waals surface area contributed by atoms with Crippen LogP contribution in [0.25, 0.3) is 0 Å². The van der Waals surface area contributed by atoms with Crippen molar-refractivity contribution >= 4 is 13.7 Å². The van der Waals surface area contributed by atoms with Gasteiger partial charge in [0.15, 0.2) is 0 Å². The number of hydrogen-bond acceptors (Lipinski definition) is 7. The van der Waals surface area contributed by atoms with Gasteiger partial charge in [-0.05, 0) is 66.4 Å². The molecule has 1 aliphatic heterocycles. The Kier molecular flexibility index (Phi) is 11.3. The fourth-order valence-corrected chi connectivity index (χ4v) is 6.25. The van der Waals surface area contributed by atoms with Crippen LogP contribution in [-0.4, -0.2) is 53.6 Å². The fourth-order valence-electron chi connectivity index (χ4n) is 4.23. The third-order valence-corrected chi connectivity index (χ3v) is 8.03. The summed E-state index contributed by atoms with van der Waals surface area (Å²) in [6.07, 6.45) is 1.90. The Bertz CT molecular complexity index is 871. The average molecular weight is 512 g/mol. The third kappa shape index (κ3) is 8.64. The molecule has 1 aromatic carbocycles. The summed E-state index contributed by atoms with van der Waals surface area (Å²) in [5, 5.41) is 11.1. The van der Waals surface area contributed by atoms with Gasteiger partial charge in [0.1, 0.15) is 16.7 Å². The van der Waals surface area contributed by atoms with Gasteiger partial charge in [-0.25, -0.2) is 4.79 Å². The molecule has 9 heteroatoms. The Morgan fingerprint density at radius 2 is 1.74 bits per heavy atom. The van der Waals surface area contributed by atoms with Gasteiger partial charge in [-0.1, -0.05) is 30.3 Å². The summed E-state index contributed by atoms with van der Waals surface area (Å²) in [7, 11) is -3.77. The van der Waals surface area contributed by atoms with E-state index in [-0.39, 0.29) is 36.7 Å². The van der Waals surface area contributed by atoms with Gasteiger partial charge in [-0.2, -0.15) is 0 Å². The van der Waals surface area contributed by atoms with Crippen molar-refractivity contribution in [2.24, 2.45) is 0 Å². The lowest BCUT2D eigenvalue weighted by molar-refractivity contribution is 0.00446. The van der Waals surface area contributed by atoms with E-state index in [4.69, 9.17) is 18.5 Å². The normalized spacial score (nSPS) is 19.2. The van der Waals surface area contributed by atoms with Crippen LogP contribution in [0, 0.1) is 0 Å². The van der Waals surface area contributed by atoms with Crippen LogP contribution in [0.15, 0.2) is 41.4 Å². The van der Waals surface area contributed by atoms with Crippen LogP contribution in [0.1, 0.15) is 72.8 Å². The monoisotopic (exact) mass is 511 g/mol. The first-order valence-electron chi connectivity index (χ1n) is 12.5. The molecule has 0 saturated heterocycles. The quantitative estimate of drug-likeness (QED) is 0.243. The minimum Gasteiger partial charge on any atom is -0.512 e. The molecule has 1 amide bonds. The maximum Gasteiger partial charge on any atom is 0.411 e. The van der Waals surface area contributed by atoms with Crippen molar-refractivity contribution in [1.29, 1.82) is 0 Å². The highest BCUT2D eigenvalue weighted by Gasteiger charge is 2.46. The number of carbonyl (C=O) groups is 1. The van der Waals surface area contributed by atoms with Crippen LogP contribution in [0.2, 0.25) is 0 Å². The van der Waals surface area contributed by atoms with Crippen molar-refractivity contribution in [3.05, 3.63) is 47.0 Å². The summed E-state index contributed by atoms with van der Waals surface area (Å²) in [5.41, 5.74) is 0.430. The minimum atomic E-state index is -3.77. The second-order valence-electron chi connectivity index (χ2n) is 9.62. The number of carbonyl (C=O) groups excluding carboxylic acids is 1. The van der Waals surface area contributed by atoms with Crippen LogP contribution in [0.5, 0.6) is 0 Å². The SMILES string of the molecule is CCOP(=O)(OCC)C1=C(O)C[C@H](CCCCOCc2ccccc2)N(C(=O)OC(C)(C)C)[C@H]1C. The third-order valence-electron chi connectivity index (χ3n) is 5.62. The summed E-state index contributed by atoms with van der Waals surface area (Å²) in [6, 6.07) is 8.98. The van der Waals surface area contributed by atoms with Gasteiger partial charge >= 0.3 is 13.7 Å². The van der Waals surface area contributed by atoms with Gasteiger partial charge in [0.2, 0.25) is 0 Å². The molecule has 0 spiro atoms. The molecular weight excluding hydrogens is 469 g/mol. The molecule has 2 rings (SSSR count). The molecule has 198 valence electrons. The van der Waals surface area contributed by atoms with E-state index >= 15 is 0 Å². The predicted molar refractivity (Wildman–Crippen MR) is 136 cm³/mol. The summed E-state index contributed by atoms with van der Waals surface area (Å²) in [5.74, 6) is -0.0344. The number of amides is 1. The van der Waals surface area contributed by atoms with Gasteiger partial charge in [0.05, 0.1) is 25.9 Å². The highest BCUT2D eigenvalue weighted by Crippen LogP contribution is 2.60. The largest absolute Gasteiger partial charge is 0.512 e. The van der Waals surface area contributed by atoms with Crippen LogP contribution < -0.4 is 0 Å². The van der Waals surface area contributed by atoms with E-state index < -0.39 is 25.3 Å². The molecule has 0 aliphatic carbocycles. The number of benzene rings is 1. The lowest BCUT2D eigenvalue weighted by atomic mass is 9.97. The number of unbranched alkanes of at least 4 members (excludes halogenated alkanes) is 1. The second kappa shape index (κ2) is 13.4. The summed E-state index contributed by atoms with van der Waals surface area (Å²) < 4.78 is 36.0. The van der Waals surface area contributed by atoms with Crippen molar-refractivity contribution in [2.45, 2.75) is 91.5 Å².